The summed E-state index contributed by atoms with van der Waals surface area (Å²) < 4.78 is 10.4. The van der Waals surface area contributed by atoms with E-state index in [-0.39, 0.29) is 25.0 Å². The molecule has 2 aliphatic heterocycles. The number of amides is 3. The topological polar surface area (TPSA) is 156 Å². The molecular weight excluding hydrogens is 529 g/mol. The van der Waals surface area contributed by atoms with Crippen molar-refractivity contribution in [1.29, 1.82) is 5.26 Å². The summed E-state index contributed by atoms with van der Waals surface area (Å²) in [4.78, 5) is 43.5. The van der Waals surface area contributed by atoms with E-state index < -0.39 is 36.7 Å². The van der Waals surface area contributed by atoms with Crippen LogP contribution in [0.5, 0.6) is 0 Å². The van der Waals surface area contributed by atoms with Gasteiger partial charge in [0.1, 0.15) is 12.0 Å². The van der Waals surface area contributed by atoms with Crippen molar-refractivity contribution in [3.63, 3.8) is 0 Å². The molecular formula is C28H42BN5O7. The highest BCUT2D eigenvalue weighted by Gasteiger charge is 2.38. The molecule has 2 heterocycles. The average molecular weight is 571 g/mol. The molecule has 41 heavy (non-hydrogen) atoms. The molecule has 3 N–H and O–H groups in total. The molecule has 1 aromatic rings. The number of nitrogens with one attached hydrogen (secondary N) is 1. The van der Waals surface area contributed by atoms with Crippen molar-refractivity contribution in [2.24, 2.45) is 5.92 Å². The van der Waals surface area contributed by atoms with Crippen molar-refractivity contribution in [3.05, 3.63) is 35.9 Å². The normalized spacial score (nSPS) is 19.8. The van der Waals surface area contributed by atoms with Gasteiger partial charge in [-0.15, -0.1) is 0 Å². The first-order valence-corrected chi connectivity index (χ1v) is 14.2. The van der Waals surface area contributed by atoms with Crippen molar-refractivity contribution in [1.82, 2.24) is 20.0 Å². The maximum atomic E-state index is 13.5. The van der Waals surface area contributed by atoms with E-state index in [0.29, 0.717) is 45.6 Å². The van der Waals surface area contributed by atoms with Gasteiger partial charge < -0.3 is 34.6 Å². The summed E-state index contributed by atoms with van der Waals surface area (Å²) in [6.45, 7) is 6.85. The van der Waals surface area contributed by atoms with Crippen molar-refractivity contribution in [2.45, 2.75) is 63.5 Å². The van der Waals surface area contributed by atoms with Crippen LogP contribution in [-0.4, -0.2) is 114 Å². The predicted octanol–water partition coefficient (Wildman–Crippen LogP) is 1.41. The molecule has 0 saturated carbocycles. The SMILES string of the molecule is COC(=O)N1CCN(C(C)(C)CC(C#N)C(=O)N2CCCC[C@H](OC(=O)N[C@@H](Cc3ccccc3)B(O)O)C2)CC1. The lowest BCUT2D eigenvalue weighted by molar-refractivity contribution is -0.136. The van der Waals surface area contributed by atoms with Gasteiger partial charge in [0.25, 0.3) is 0 Å². The van der Waals surface area contributed by atoms with Gasteiger partial charge in [0, 0.05) is 38.3 Å². The van der Waals surface area contributed by atoms with Crippen LogP contribution >= 0.6 is 0 Å². The Morgan fingerprint density at radius 1 is 1.10 bits per heavy atom. The molecule has 2 fully saturated rings. The number of nitriles is 1. The van der Waals surface area contributed by atoms with Crippen LogP contribution in [0.15, 0.2) is 30.3 Å². The Bertz CT molecular complexity index is 1060. The maximum absolute atomic E-state index is 13.5. The van der Waals surface area contributed by atoms with Crippen LogP contribution < -0.4 is 5.32 Å². The molecule has 1 aromatic carbocycles. The highest BCUT2D eigenvalue weighted by Crippen LogP contribution is 2.27. The van der Waals surface area contributed by atoms with E-state index in [4.69, 9.17) is 9.47 Å². The second-order valence-electron chi connectivity index (χ2n) is 11.3. The largest absolute Gasteiger partial charge is 0.475 e. The van der Waals surface area contributed by atoms with Gasteiger partial charge in [0.2, 0.25) is 5.91 Å². The van der Waals surface area contributed by atoms with Gasteiger partial charge in [-0.05, 0) is 51.5 Å². The van der Waals surface area contributed by atoms with Crippen molar-refractivity contribution >= 4 is 25.2 Å². The zero-order valence-corrected chi connectivity index (χ0v) is 24.2. The average Bonchev–Trinajstić information content (AvgIpc) is 3.20. The minimum Gasteiger partial charge on any atom is -0.453 e. The number of nitrogens with zero attached hydrogens (tertiary/aromatic N) is 4. The number of hydrogen-bond acceptors (Lipinski definition) is 9. The fourth-order valence-electron chi connectivity index (χ4n) is 5.50. The second kappa shape index (κ2) is 15.1. The zero-order chi connectivity index (χ0) is 30.0. The monoisotopic (exact) mass is 571 g/mol. The summed E-state index contributed by atoms with van der Waals surface area (Å²) in [5.74, 6) is -2.14. The van der Waals surface area contributed by atoms with Crippen molar-refractivity contribution < 1.29 is 33.9 Å². The summed E-state index contributed by atoms with van der Waals surface area (Å²) >= 11 is 0. The molecule has 0 spiro atoms. The number of likely N-dealkylation sites (tertiary alicyclic amines) is 1. The number of methoxy groups -OCH3 is 1. The van der Waals surface area contributed by atoms with E-state index in [1.165, 1.54) is 7.11 Å². The Hall–Kier alpha value is -3.34. The fraction of sp³-hybridized carbons (Fsp3) is 0.643. The number of ether oxygens (including phenoxy) is 2. The summed E-state index contributed by atoms with van der Waals surface area (Å²) in [7, 11) is -0.423. The van der Waals surface area contributed by atoms with E-state index in [0.717, 1.165) is 18.4 Å². The molecule has 224 valence electrons. The number of carbonyl (C=O) groups excluding carboxylic acids is 3. The van der Waals surface area contributed by atoms with Crippen molar-refractivity contribution in [2.75, 3.05) is 46.4 Å². The van der Waals surface area contributed by atoms with E-state index >= 15 is 0 Å². The molecule has 13 heteroatoms. The summed E-state index contributed by atoms with van der Waals surface area (Å²) in [6.07, 6.45) is 0.796. The van der Waals surface area contributed by atoms with Crippen LogP contribution in [0.3, 0.4) is 0 Å². The van der Waals surface area contributed by atoms with Crippen LogP contribution in [-0.2, 0) is 20.7 Å². The molecule has 1 unspecified atom stereocenters. The Morgan fingerprint density at radius 3 is 2.39 bits per heavy atom. The molecule has 2 aliphatic rings. The molecule has 0 radical (unpaired) electrons. The Labute approximate surface area is 242 Å². The van der Waals surface area contributed by atoms with E-state index in [1.807, 2.05) is 44.2 Å². The molecule has 3 rings (SSSR count). The minimum absolute atomic E-state index is 0.160. The lowest BCUT2D eigenvalue weighted by Gasteiger charge is -2.44. The predicted molar refractivity (Wildman–Crippen MR) is 151 cm³/mol. The lowest BCUT2D eigenvalue weighted by Crippen LogP contribution is -2.56. The van der Waals surface area contributed by atoms with Gasteiger partial charge in [-0.3, -0.25) is 9.69 Å². The third-order valence-electron chi connectivity index (χ3n) is 7.90. The summed E-state index contributed by atoms with van der Waals surface area (Å²) in [6, 6.07) is 11.3. The van der Waals surface area contributed by atoms with E-state index in [9.17, 15) is 29.7 Å². The molecule has 0 aromatic heterocycles. The first-order valence-electron chi connectivity index (χ1n) is 14.2. The van der Waals surface area contributed by atoms with Gasteiger partial charge in [0.05, 0.1) is 25.7 Å². The van der Waals surface area contributed by atoms with Crippen molar-refractivity contribution in [3.8, 4) is 6.07 Å². The third kappa shape index (κ3) is 9.34. The molecule has 0 aliphatic carbocycles. The van der Waals surface area contributed by atoms with E-state index in [2.05, 4.69) is 16.3 Å². The third-order valence-corrected chi connectivity index (χ3v) is 7.90. The molecule has 0 bridgehead atoms. The standard InChI is InChI=1S/C28H42BN5O7/c1-28(2,34-15-13-32(14-16-34)27(37)40-3)18-22(19-30)25(35)33-12-8-7-11-23(20-33)41-26(36)31-24(29(38)39)17-21-9-5-4-6-10-21/h4-6,9-10,22-24,38-39H,7-8,11-18,20H2,1-3H3,(H,31,36)/t22?,23-,24-/m0/s1. The number of hydrogen-bond donors (Lipinski definition) is 3. The first kappa shape index (κ1) is 32.2. The van der Waals surface area contributed by atoms with E-state index in [1.54, 1.807) is 9.80 Å². The quantitative estimate of drug-likeness (QED) is 0.373. The number of rotatable bonds is 9. The Balaban J connectivity index is 1.57. The number of benzene rings is 1. The zero-order valence-electron chi connectivity index (χ0n) is 24.2. The number of carbonyl (C=O) groups is 3. The maximum Gasteiger partial charge on any atom is 0.475 e. The Morgan fingerprint density at radius 2 is 1.78 bits per heavy atom. The van der Waals surface area contributed by atoms with Crippen LogP contribution in [0.1, 0.15) is 45.1 Å². The van der Waals surface area contributed by atoms with Gasteiger partial charge in [-0.25, -0.2) is 9.59 Å². The summed E-state index contributed by atoms with van der Waals surface area (Å²) in [5, 5.41) is 32.1. The van der Waals surface area contributed by atoms with Gasteiger partial charge in [-0.1, -0.05) is 30.3 Å². The van der Waals surface area contributed by atoms with Gasteiger partial charge >= 0.3 is 19.3 Å². The molecule has 3 atom stereocenters. The van der Waals surface area contributed by atoms with Crippen LogP contribution in [0.4, 0.5) is 9.59 Å². The smallest absolute Gasteiger partial charge is 0.453 e. The molecule has 3 amide bonds. The number of piperazine rings is 1. The highest BCUT2D eigenvalue weighted by atomic mass is 16.6. The van der Waals surface area contributed by atoms with Crippen LogP contribution in [0.25, 0.3) is 0 Å². The van der Waals surface area contributed by atoms with Crippen LogP contribution in [0, 0.1) is 17.2 Å². The first-order chi connectivity index (χ1) is 19.5. The second-order valence-corrected chi connectivity index (χ2v) is 11.3. The summed E-state index contributed by atoms with van der Waals surface area (Å²) in [5.41, 5.74) is 0.367. The fourth-order valence-corrected chi connectivity index (χ4v) is 5.50. The molecule has 12 nitrogen and oxygen atoms in total. The highest BCUT2D eigenvalue weighted by molar-refractivity contribution is 6.43. The van der Waals surface area contributed by atoms with Crippen LogP contribution in [0.2, 0.25) is 0 Å². The van der Waals surface area contributed by atoms with Gasteiger partial charge in [0.15, 0.2) is 0 Å². The number of alkyl carbamates (subject to hydrolysis) is 1. The van der Waals surface area contributed by atoms with Gasteiger partial charge in [-0.2, -0.15) is 5.26 Å². The lowest BCUT2D eigenvalue weighted by atomic mass is 9.76. The minimum atomic E-state index is -1.78. The molecule has 2 saturated heterocycles. The Kier molecular flexibility index (Phi) is 11.8.